The number of hydrogen-bond acceptors (Lipinski definition) is 5. The molecule has 1 amide bonds. The first-order chi connectivity index (χ1) is 14.8. The maximum absolute atomic E-state index is 14.2. The number of rotatable bonds is 9. The maximum Gasteiger partial charge on any atom is 0.341 e. The molecule has 0 spiro atoms. The molecule has 0 aliphatic carbocycles. The second-order valence-corrected chi connectivity index (χ2v) is 8.51. The molecule has 1 fully saturated rings. The number of nitrogens with zero attached hydrogens (tertiary/aromatic N) is 2. The number of carboxylic acid groups (broad SMARTS) is 1. The lowest BCUT2D eigenvalue weighted by molar-refractivity contribution is -0.139. The molecule has 1 aliphatic heterocycles. The molecular weight excluding hydrogens is 426 g/mol. The van der Waals surface area contributed by atoms with Gasteiger partial charge < -0.3 is 14.7 Å². The number of hydrogen-bond donors (Lipinski definition) is 1. The van der Waals surface area contributed by atoms with E-state index in [0.717, 1.165) is 4.88 Å². The number of piperazine rings is 1. The van der Waals surface area contributed by atoms with Crippen LogP contribution in [0.25, 0.3) is 0 Å². The van der Waals surface area contributed by atoms with Crippen molar-refractivity contribution < 1.29 is 28.2 Å². The average molecular weight is 453 g/mol. The molecule has 2 aromatic rings. The summed E-state index contributed by atoms with van der Waals surface area (Å²) in [6.45, 7) is 3.53. The number of carbonyl (C=O) groups excluding carboxylic acids is 1. The zero-order valence-corrected chi connectivity index (χ0v) is 18.2. The highest BCUT2D eigenvalue weighted by Crippen LogP contribution is 2.34. The highest BCUT2D eigenvalue weighted by molar-refractivity contribution is 7.10. The lowest BCUT2D eigenvalue weighted by Crippen LogP contribution is -2.48. The van der Waals surface area contributed by atoms with Gasteiger partial charge in [-0.1, -0.05) is 13.0 Å². The Bertz CT molecular complexity index is 897. The summed E-state index contributed by atoms with van der Waals surface area (Å²) in [5.41, 5.74) is 0.405. The predicted molar refractivity (Wildman–Crippen MR) is 114 cm³/mol. The van der Waals surface area contributed by atoms with Gasteiger partial charge in [0.1, 0.15) is 5.75 Å². The van der Waals surface area contributed by atoms with Crippen LogP contribution >= 0.6 is 11.3 Å². The Morgan fingerprint density at radius 1 is 1.19 bits per heavy atom. The molecule has 0 bridgehead atoms. The van der Waals surface area contributed by atoms with Crippen LogP contribution in [-0.2, 0) is 28.5 Å². The third kappa shape index (κ3) is 6.24. The Balaban J connectivity index is 1.65. The zero-order valence-electron chi connectivity index (χ0n) is 17.4. The van der Waals surface area contributed by atoms with Crippen molar-refractivity contribution in [3.05, 3.63) is 51.7 Å². The van der Waals surface area contributed by atoms with E-state index < -0.39 is 18.5 Å². The summed E-state index contributed by atoms with van der Waals surface area (Å²) in [7, 11) is 0. The average Bonchev–Trinajstić information content (AvgIpc) is 3.26. The fraction of sp³-hybridized carbons (Fsp3) is 0.455. The van der Waals surface area contributed by atoms with Crippen molar-refractivity contribution in [3.8, 4) is 5.75 Å². The van der Waals surface area contributed by atoms with Gasteiger partial charge in [0.2, 0.25) is 5.91 Å². The number of carboxylic acids is 1. The van der Waals surface area contributed by atoms with E-state index in [1.54, 1.807) is 11.3 Å². The van der Waals surface area contributed by atoms with Crippen molar-refractivity contribution in [2.45, 2.75) is 32.2 Å². The van der Waals surface area contributed by atoms with Crippen LogP contribution in [0, 0.1) is 0 Å². The van der Waals surface area contributed by atoms with Crippen LogP contribution in [0.1, 0.15) is 29.3 Å². The van der Waals surface area contributed by atoms with Gasteiger partial charge in [-0.2, -0.15) is 0 Å². The molecule has 0 atom stereocenters. The molecule has 1 aromatic carbocycles. The van der Waals surface area contributed by atoms with E-state index in [9.17, 15) is 18.4 Å². The van der Waals surface area contributed by atoms with Crippen LogP contribution in [0.4, 0.5) is 8.78 Å². The predicted octanol–water partition coefficient (Wildman–Crippen LogP) is 3.60. The van der Waals surface area contributed by atoms with Crippen molar-refractivity contribution in [2.75, 3.05) is 32.8 Å². The van der Waals surface area contributed by atoms with Gasteiger partial charge in [0.15, 0.2) is 6.61 Å². The minimum Gasteiger partial charge on any atom is -0.482 e. The second kappa shape index (κ2) is 10.2. The van der Waals surface area contributed by atoms with Crippen LogP contribution in [-0.4, -0.2) is 59.6 Å². The van der Waals surface area contributed by atoms with E-state index in [0.29, 0.717) is 44.7 Å². The molecule has 1 aliphatic rings. The van der Waals surface area contributed by atoms with Gasteiger partial charge in [0.25, 0.3) is 5.92 Å². The minimum atomic E-state index is -2.97. The largest absolute Gasteiger partial charge is 0.482 e. The molecular formula is C22H26F2N2O4S. The monoisotopic (exact) mass is 452 g/mol. The number of aliphatic carboxylic acids is 1. The first-order valence-electron chi connectivity index (χ1n) is 10.2. The normalized spacial score (nSPS) is 15.1. The summed E-state index contributed by atoms with van der Waals surface area (Å²) in [5.74, 6) is -3.73. The molecule has 1 saturated heterocycles. The zero-order chi connectivity index (χ0) is 22.4. The smallest absolute Gasteiger partial charge is 0.341 e. The Labute approximate surface area is 184 Å². The molecule has 9 heteroatoms. The molecule has 1 aromatic heterocycles. The maximum atomic E-state index is 14.2. The molecule has 0 saturated carbocycles. The fourth-order valence-corrected chi connectivity index (χ4v) is 4.18. The highest BCUT2D eigenvalue weighted by atomic mass is 32.1. The van der Waals surface area contributed by atoms with Gasteiger partial charge in [-0.15, -0.1) is 11.3 Å². The summed E-state index contributed by atoms with van der Waals surface area (Å²) in [6, 6.07) is 7.96. The number of amides is 1. The lowest BCUT2D eigenvalue weighted by atomic mass is 10.0. The van der Waals surface area contributed by atoms with E-state index in [-0.39, 0.29) is 23.6 Å². The van der Waals surface area contributed by atoms with Crippen LogP contribution in [0.3, 0.4) is 0 Å². The van der Waals surface area contributed by atoms with Crippen molar-refractivity contribution in [1.29, 1.82) is 0 Å². The van der Waals surface area contributed by atoms with Gasteiger partial charge in [-0.05, 0) is 29.6 Å². The van der Waals surface area contributed by atoms with Crippen LogP contribution < -0.4 is 4.74 Å². The van der Waals surface area contributed by atoms with Crippen molar-refractivity contribution >= 4 is 23.2 Å². The van der Waals surface area contributed by atoms with Crippen molar-refractivity contribution in [3.63, 3.8) is 0 Å². The van der Waals surface area contributed by atoms with Gasteiger partial charge in [-0.25, -0.2) is 13.6 Å². The van der Waals surface area contributed by atoms with E-state index in [1.165, 1.54) is 25.1 Å². The van der Waals surface area contributed by atoms with Gasteiger partial charge in [0.05, 0.1) is 6.42 Å². The number of alkyl halides is 2. The number of carbonyl (C=O) groups is 2. The molecule has 0 unspecified atom stereocenters. The second-order valence-electron chi connectivity index (χ2n) is 7.48. The number of thiophene rings is 1. The quantitative estimate of drug-likeness (QED) is 0.630. The number of ether oxygens (including phenoxy) is 1. The molecule has 31 heavy (non-hydrogen) atoms. The fourth-order valence-electron chi connectivity index (χ4n) is 3.49. The van der Waals surface area contributed by atoms with Crippen molar-refractivity contribution in [1.82, 2.24) is 9.80 Å². The third-order valence-corrected chi connectivity index (χ3v) is 6.18. The van der Waals surface area contributed by atoms with Gasteiger partial charge in [0, 0.05) is 55.1 Å². The highest BCUT2D eigenvalue weighted by Gasteiger charge is 2.30. The summed E-state index contributed by atoms with van der Waals surface area (Å²) in [6.07, 6.45) is 0.0613. The standard InChI is InChI=1S/C22H26F2N2O4S/c1-2-22(23,24)17-5-6-19(30-15-21(28)29)16(12-17)14-25-7-9-26(10-8-25)20(27)13-18-4-3-11-31-18/h3-6,11-12H,2,7-10,13-15H2,1H3,(H,28,29). The van der Waals surface area contributed by atoms with Crippen LogP contribution in [0.2, 0.25) is 0 Å². The summed E-state index contributed by atoms with van der Waals surface area (Å²) in [5, 5.41) is 10.8. The summed E-state index contributed by atoms with van der Waals surface area (Å²) < 4.78 is 33.7. The number of benzene rings is 1. The topological polar surface area (TPSA) is 70.1 Å². The Morgan fingerprint density at radius 3 is 2.55 bits per heavy atom. The van der Waals surface area contributed by atoms with E-state index in [2.05, 4.69) is 4.90 Å². The molecule has 0 radical (unpaired) electrons. The summed E-state index contributed by atoms with van der Waals surface area (Å²) >= 11 is 1.56. The Kier molecular flexibility index (Phi) is 7.61. The first-order valence-corrected chi connectivity index (χ1v) is 11.0. The Morgan fingerprint density at radius 2 is 1.94 bits per heavy atom. The Hall–Kier alpha value is -2.52. The molecule has 2 heterocycles. The molecule has 1 N–H and O–H groups in total. The number of halogens is 2. The minimum absolute atomic E-state index is 0.0807. The van der Waals surface area contributed by atoms with E-state index >= 15 is 0 Å². The third-order valence-electron chi connectivity index (χ3n) is 5.30. The van der Waals surface area contributed by atoms with Gasteiger partial charge in [-0.3, -0.25) is 9.69 Å². The van der Waals surface area contributed by atoms with Crippen molar-refractivity contribution in [2.24, 2.45) is 0 Å². The first kappa shape index (κ1) is 23.1. The molecule has 168 valence electrons. The SMILES string of the molecule is CCC(F)(F)c1ccc(OCC(=O)O)c(CN2CCN(C(=O)Cc3cccs3)CC2)c1. The molecule has 3 rings (SSSR count). The van der Waals surface area contributed by atoms with Gasteiger partial charge >= 0.3 is 5.97 Å². The lowest BCUT2D eigenvalue weighted by Gasteiger charge is -2.35. The van der Waals surface area contributed by atoms with E-state index in [1.807, 2.05) is 22.4 Å². The summed E-state index contributed by atoms with van der Waals surface area (Å²) in [4.78, 5) is 28.3. The molecule has 6 nitrogen and oxygen atoms in total. The van der Waals surface area contributed by atoms with E-state index in [4.69, 9.17) is 9.84 Å². The van der Waals surface area contributed by atoms with Crippen LogP contribution in [0.15, 0.2) is 35.7 Å². The van der Waals surface area contributed by atoms with Crippen LogP contribution in [0.5, 0.6) is 5.75 Å².